The highest BCUT2D eigenvalue weighted by molar-refractivity contribution is 5.82. The quantitative estimate of drug-likeness (QED) is 0.704. The second-order valence-electron chi connectivity index (χ2n) is 4.62. The highest BCUT2D eigenvalue weighted by Crippen LogP contribution is 2.19. The molecule has 0 spiro atoms. The van der Waals surface area contributed by atoms with Gasteiger partial charge in [-0.05, 0) is 32.2 Å². The van der Waals surface area contributed by atoms with Crippen LogP contribution in [0.2, 0.25) is 0 Å². The Hall–Kier alpha value is -1.01. The lowest BCUT2D eigenvalue weighted by Gasteiger charge is -2.29. The third kappa shape index (κ3) is 3.86. The SMILES string of the molecule is C#CCC(C)NC(=O)C1CC(CC)CCN1. The molecule has 0 aromatic rings. The van der Waals surface area contributed by atoms with E-state index < -0.39 is 0 Å². The molecule has 1 saturated heterocycles. The topological polar surface area (TPSA) is 41.1 Å². The minimum Gasteiger partial charge on any atom is -0.351 e. The van der Waals surface area contributed by atoms with Gasteiger partial charge in [0.2, 0.25) is 5.91 Å². The molecule has 1 amide bonds. The van der Waals surface area contributed by atoms with Crippen LogP contribution in [0.3, 0.4) is 0 Å². The third-order valence-electron chi connectivity index (χ3n) is 3.22. The molecule has 0 radical (unpaired) electrons. The van der Waals surface area contributed by atoms with Crippen molar-refractivity contribution in [1.82, 2.24) is 10.6 Å². The van der Waals surface area contributed by atoms with E-state index in [-0.39, 0.29) is 18.0 Å². The lowest BCUT2D eigenvalue weighted by atomic mass is 9.90. The Labute approximate surface area is 98.4 Å². The number of carbonyl (C=O) groups is 1. The summed E-state index contributed by atoms with van der Waals surface area (Å²) in [6, 6.07) is 0.0419. The molecule has 1 heterocycles. The summed E-state index contributed by atoms with van der Waals surface area (Å²) in [6.07, 6.45) is 9.09. The van der Waals surface area contributed by atoms with Crippen LogP contribution in [0, 0.1) is 18.3 Å². The predicted octanol–water partition coefficient (Wildman–Crippen LogP) is 1.29. The van der Waals surface area contributed by atoms with Gasteiger partial charge in [0, 0.05) is 12.5 Å². The number of carbonyl (C=O) groups excluding carboxylic acids is 1. The van der Waals surface area contributed by atoms with E-state index in [1.807, 2.05) is 6.92 Å². The molecule has 3 nitrogen and oxygen atoms in total. The Balaban J connectivity index is 2.38. The van der Waals surface area contributed by atoms with Crippen molar-refractivity contribution in [3.63, 3.8) is 0 Å². The van der Waals surface area contributed by atoms with E-state index in [2.05, 4.69) is 23.5 Å². The van der Waals surface area contributed by atoms with Crippen molar-refractivity contribution in [2.75, 3.05) is 6.54 Å². The summed E-state index contributed by atoms with van der Waals surface area (Å²) in [5, 5.41) is 6.22. The minimum absolute atomic E-state index is 0.0288. The average molecular weight is 222 g/mol. The van der Waals surface area contributed by atoms with E-state index in [0.717, 1.165) is 19.4 Å². The maximum absolute atomic E-state index is 11.9. The number of piperidine rings is 1. The normalized spacial score (nSPS) is 26.8. The molecule has 1 aliphatic rings. The molecule has 0 aliphatic carbocycles. The number of hydrogen-bond acceptors (Lipinski definition) is 2. The van der Waals surface area contributed by atoms with Gasteiger partial charge in [0.25, 0.3) is 0 Å². The fourth-order valence-corrected chi connectivity index (χ4v) is 2.14. The third-order valence-corrected chi connectivity index (χ3v) is 3.22. The molecule has 0 aromatic heterocycles. The van der Waals surface area contributed by atoms with E-state index in [1.54, 1.807) is 0 Å². The Morgan fingerprint density at radius 1 is 1.69 bits per heavy atom. The largest absolute Gasteiger partial charge is 0.351 e. The first-order chi connectivity index (χ1) is 7.67. The monoisotopic (exact) mass is 222 g/mol. The number of terminal acetylenes is 1. The van der Waals surface area contributed by atoms with Crippen molar-refractivity contribution >= 4 is 5.91 Å². The van der Waals surface area contributed by atoms with Crippen molar-refractivity contribution in [2.45, 2.75) is 51.6 Å². The molecule has 3 atom stereocenters. The molecule has 1 rings (SSSR count). The first kappa shape index (κ1) is 13.1. The van der Waals surface area contributed by atoms with Gasteiger partial charge in [-0.3, -0.25) is 4.79 Å². The smallest absolute Gasteiger partial charge is 0.237 e. The lowest BCUT2D eigenvalue weighted by Crippen LogP contribution is -2.50. The number of hydrogen-bond donors (Lipinski definition) is 2. The maximum atomic E-state index is 11.9. The maximum Gasteiger partial charge on any atom is 0.237 e. The van der Waals surface area contributed by atoms with Crippen molar-refractivity contribution < 1.29 is 4.79 Å². The van der Waals surface area contributed by atoms with E-state index in [4.69, 9.17) is 6.42 Å². The van der Waals surface area contributed by atoms with Crippen molar-refractivity contribution in [3.8, 4) is 12.3 Å². The van der Waals surface area contributed by atoms with Gasteiger partial charge in [0.05, 0.1) is 6.04 Å². The Bertz CT molecular complexity index is 270. The average Bonchev–Trinajstić information content (AvgIpc) is 2.29. The van der Waals surface area contributed by atoms with Crippen LogP contribution in [0.1, 0.15) is 39.5 Å². The molecule has 2 N–H and O–H groups in total. The highest BCUT2D eigenvalue weighted by Gasteiger charge is 2.26. The van der Waals surface area contributed by atoms with Gasteiger partial charge in [-0.1, -0.05) is 13.3 Å². The van der Waals surface area contributed by atoms with Crippen LogP contribution in [-0.2, 0) is 4.79 Å². The number of nitrogens with one attached hydrogen (secondary N) is 2. The predicted molar refractivity (Wildman–Crippen MR) is 65.9 cm³/mol. The van der Waals surface area contributed by atoms with Gasteiger partial charge in [-0.25, -0.2) is 0 Å². The summed E-state index contributed by atoms with van der Waals surface area (Å²) in [6.45, 7) is 5.07. The molecular weight excluding hydrogens is 200 g/mol. The molecule has 3 unspecified atom stereocenters. The summed E-state index contributed by atoms with van der Waals surface area (Å²) in [4.78, 5) is 11.9. The highest BCUT2D eigenvalue weighted by atomic mass is 16.2. The minimum atomic E-state index is -0.0288. The van der Waals surface area contributed by atoms with Crippen LogP contribution >= 0.6 is 0 Å². The lowest BCUT2D eigenvalue weighted by molar-refractivity contribution is -0.124. The summed E-state index contributed by atoms with van der Waals surface area (Å²) in [5.41, 5.74) is 0. The standard InChI is InChI=1S/C13H22N2O/c1-4-6-10(3)15-13(16)12-9-11(5-2)7-8-14-12/h1,10-12,14H,5-9H2,2-3H3,(H,15,16). The van der Waals surface area contributed by atoms with Gasteiger partial charge in [0.1, 0.15) is 0 Å². The molecular formula is C13H22N2O. The summed E-state index contributed by atoms with van der Waals surface area (Å²) < 4.78 is 0. The molecule has 3 heteroatoms. The van der Waals surface area contributed by atoms with Crippen LogP contribution < -0.4 is 10.6 Å². The van der Waals surface area contributed by atoms with E-state index >= 15 is 0 Å². The molecule has 1 aliphatic heterocycles. The van der Waals surface area contributed by atoms with Gasteiger partial charge < -0.3 is 10.6 Å². The van der Waals surface area contributed by atoms with Crippen LogP contribution in [0.5, 0.6) is 0 Å². The molecule has 90 valence electrons. The first-order valence-electron chi connectivity index (χ1n) is 6.14. The first-order valence-corrected chi connectivity index (χ1v) is 6.14. The molecule has 0 bridgehead atoms. The molecule has 16 heavy (non-hydrogen) atoms. The zero-order chi connectivity index (χ0) is 12.0. The molecule has 0 saturated carbocycles. The zero-order valence-electron chi connectivity index (χ0n) is 10.3. The second-order valence-corrected chi connectivity index (χ2v) is 4.62. The second kappa shape index (κ2) is 6.55. The van der Waals surface area contributed by atoms with Gasteiger partial charge >= 0.3 is 0 Å². The van der Waals surface area contributed by atoms with Crippen LogP contribution in [0.15, 0.2) is 0 Å². The Kier molecular flexibility index (Phi) is 5.34. The van der Waals surface area contributed by atoms with E-state index in [0.29, 0.717) is 12.3 Å². The van der Waals surface area contributed by atoms with E-state index in [9.17, 15) is 4.79 Å². The van der Waals surface area contributed by atoms with Crippen molar-refractivity contribution in [2.24, 2.45) is 5.92 Å². The van der Waals surface area contributed by atoms with Crippen molar-refractivity contribution in [3.05, 3.63) is 0 Å². The summed E-state index contributed by atoms with van der Waals surface area (Å²) in [5.74, 6) is 3.34. The van der Waals surface area contributed by atoms with Crippen LogP contribution in [0.4, 0.5) is 0 Å². The zero-order valence-corrected chi connectivity index (χ0v) is 10.3. The fraction of sp³-hybridized carbons (Fsp3) is 0.769. The number of rotatable bonds is 4. The molecule has 1 fully saturated rings. The Morgan fingerprint density at radius 3 is 3.06 bits per heavy atom. The van der Waals surface area contributed by atoms with Crippen LogP contribution in [-0.4, -0.2) is 24.5 Å². The molecule has 0 aromatic carbocycles. The van der Waals surface area contributed by atoms with Gasteiger partial charge in [0.15, 0.2) is 0 Å². The van der Waals surface area contributed by atoms with Gasteiger partial charge in [-0.2, -0.15) is 0 Å². The fourth-order valence-electron chi connectivity index (χ4n) is 2.14. The Morgan fingerprint density at radius 2 is 2.44 bits per heavy atom. The van der Waals surface area contributed by atoms with E-state index in [1.165, 1.54) is 6.42 Å². The van der Waals surface area contributed by atoms with Gasteiger partial charge in [-0.15, -0.1) is 12.3 Å². The number of amides is 1. The summed E-state index contributed by atoms with van der Waals surface area (Å²) in [7, 11) is 0. The summed E-state index contributed by atoms with van der Waals surface area (Å²) >= 11 is 0. The van der Waals surface area contributed by atoms with Crippen molar-refractivity contribution in [1.29, 1.82) is 0 Å². The van der Waals surface area contributed by atoms with Crippen LogP contribution in [0.25, 0.3) is 0 Å².